The van der Waals surface area contributed by atoms with Crippen LogP contribution in [0.5, 0.6) is 0 Å². The molecule has 0 saturated carbocycles. The SMILES string of the molecule is CN1c2ccccc2C(=C(OP(=O)(O)O)SCC(F)(F)F)c2ccccc21. The molecule has 1 heterocycles. The van der Waals surface area contributed by atoms with Gasteiger partial charge >= 0.3 is 14.0 Å². The first-order valence-electron chi connectivity index (χ1n) is 7.68. The number of nitrogens with zero attached hydrogens (tertiary/aromatic N) is 1. The van der Waals surface area contributed by atoms with E-state index in [4.69, 9.17) is 4.52 Å². The summed E-state index contributed by atoms with van der Waals surface area (Å²) in [5, 5.41) is -0.464. The van der Waals surface area contributed by atoms with Gasteiger partial charge in [-0.1, -0.05) is 48.2 Å². The van der Waals surface area contributed by atoms with Crippen LogP contribution in [0.4, 0.5) is 24.5 Å². The zero-order valence-electron chi connectivity index (χ0n) is 14.0. The molecule has 3 rings (SSSR count). The molecule has 2 aromatic carbocycles. The van der Waals surface area contributed by atoms with Gasteiger partial charge in [-0.25, -0.2) is 4.57 Å². The van der Waals surface area contributed by atoms with Crippen LogP contribution in [-0.2, 0) is 9.09 Å². The molecule has 0 spiro atoms. The van der Waals surface area contributed by atoms with Gasteiger partial charge in [0.15, 0.2) is 5.09 Å². The standard InChI is InChI=1S/C17H15F3NO4PS/c1-21-13-8-4-2-6-11(13)15(12-7-3-5-9-14(12)21)16(25-26(22,23)24)27-10-17(18,19)20/h2-9H,10H2,1H3,(H2,22,23,24). The van der Waals surface area contributed by atoms with Crippen molar-refractivity contribution in [2.24, 2.45) is 0 Å². The second-order valence-corrected chi connectivity index (χ2v) is 7.85. The van der Waals surface area contributed by atoms with E-state index < -0.39 is 24.8 Å². The number of hydrogen-bond donors (Lipinski definition) is 2. The lowest BCUT2D eigenvalue weighted by Crippen LogP contribution is -2.19. The highest BCUT2D eigenvalue weighted by molar-refractivity contribution is 8.03. The lowest BCUT2D eigenvalue weighted by Gasteiger charge is -2.32. The second-order valence-electron chi connectivity index (χ2n) is 5.74. The summed E-state index contributed by atoms with van der Waals surface area (Å²) in [6.45, 7) is 0. The third-order valence-corrected chi connectivity index (χ3v) is 5.41. The Kier molecular flexibility index (Phi) is 5.31. The summed E-state index contributed by atoms with van der Waals surface area (Å²) in [4.78, 5) is 20.4. The summed E-state index contributed by atoms with van der Waals surface area (Å²) < 4.78 is 54.4. The summed E-state index contributed by atoms with van der Waals surface area (Å²) in [7, 11) is -3.26. The summed E-state index contributed by atoms with van der Waals surface area (Å²) in [5.74, 6) is -1.34. The molecule has 0 aromatic heterocycles. The van der Waals surface area contributed by atoms with Gasteiger partial charge in [-0.15, -0.1) is 0 Å². The van der Waals surface area contributed by atoms with Gasteiger partial charge in [0.25, 0.3) is 0 Å². The normalized spacial score (nSPS) is 13.9. The van der Waals surface area contributed by atoms with Crippen molar-refractivity contribution < 1.29 is 32.0 Å². The van der Waals surface area contributed by atoms with E-state index in [1.807, 2.05) is 4.90 Å². The van der Waals surface area contributed by atoms with E-state index in [9.17, 15) is 27.5 Å². The van der Waals surface area contributed by atoms with Crippen molar-refractivity contribution >= 4 is 36.5 Å². The molecular formula is C17H15F3NO4PS. The van der Waals surface area contributed by atoms with Crippen molar-refractivity contribution in [3.63, 3.8) is 0 Å². The molecule has 0 unspecified atom stereocenters. The second kappa shape index (κ2) is 7.24. The summed E-state index contributed by atoms with van der Waals surface area (Å²) >= 11 is 0.212. The minimum absolute atomic E-state index is 0.212. The molecule has 0 saturated heterocycles. The van der Waals surface area contributed by atoms with E-state index in [0.29, 0.717) is 22.5 Å². The number of thioether (sulfide) groups is 1. The van der Waals surface area contributed by atoms with Crippen LogP contribution < -0.4 is 4.90 Å². The molecule has 0 amide bonds. The lowest BCUT2D eigenvalue weighted by molar-refractivity contribution is -0.105. The third kappa shape index (κ3) is 4.50. The van der Waals surface area contributed by atoms with Crippen LogP contribution in [-0.4, -0.2) is 28.8 Å². The monoisotopic (exact) mass is 417 g/mol. The average molecular weight is 417 g/mol. The quantitative estimate of drug-likeness (QED) is 0.545. The van der Waals surface area contributed by atoms with Crippen molar-refractivity contribution in [1.82, 2.24) is 0 Å². The van der Waals surface area contributed by atoms with E-state index >= 15 is 0 Å². The van der Waals surface area contributed by atoms with Gasteiger partial charge in [-0.2, -0.15) is 13.2 Å². The van der Waals surface area contributed by atoms with Crippen molar-refractivity contribution in [1.29, 1.82) is 0 Å². The molecule has 0 fully saturated rings. The van der Waals surface area contributed by atoms with E-state index in [1.54, 1.807) is 55.6 Å². The zero-order chi connectivity index (χ0) is 19.8. The Morgan fingerprint density at radius 2 is 1.56 bits per heavy atom. The number of anilines is 2. The maximum absolute atomic E-state index is 12.8. The highest BCUT2D eigenvalue weighted by atomic mass is 32.2. The molecule has 2 N–H and O–H groups in total. The molecule has 10 heteroatoms. The first kappa shape index (κ1) is 19.8. The first-order chi connectivity index (χ1) is 12.6. The minimum atomic E-state index is -5.07. The number of hydrogen-bond acceptors (Lipinski definition) is 4. The van der Waals surface area contributed by atoms with Gasteiger partial charge in [0.1, 0.15) is 0 Å². The smallest absolute Gasteiger partial charge is 0.397 e. The van der Waals surface area contributed by atoms with Crippen LogP contribution in [0, 0.1) is 0 Å². The Hall–Kier alpha value is -1.93. The zero-order valence-corrected chi connectivity index (χ0v) is 15.7. The predicted octanol–water partition coefficient (Wildman–Crippen LogP) is 4.89. The molecule has 144 valence electrons. The van der Waals surface area contributed by atoms with Crippen LogP contribution >= 0.6 is 19.6 Å². The van der Waals surface area contributed by atoms with Crippen LogP contribution in [0.3, 0.4) is 0 Å². The van der Waals surface area contributed by atoms with Crippen LogP contribution in [0.2, 0.25) is 0 Å². The predicted molar refractivity (Wildman–Crippen MR) is 98.6 cm³/mol. The first-order valence-corrected chi connectivity index (χ1v) is 10.2. The molecule has 5 nitrogen and oxygen atoms in total. The summed E-state index contributed by atoms with van der Waals surface area (Å²) in [6, 6.07) is 13.8. The van der Waals surface area contributed by atoms with Gasteiger partial charge in [0, 0.05) is 35.1 Å². The lowest BCUT2D eigenvalue weighted by atomic mass is 9.91. The molecule has 0 aliphatic carbocycles. The highest BCUT2D eigenvalue weighted by Crippen LogP contribution is 2.51. The molecule has 0 atom stereocenters. The average Bonchev–Trinajstić information content (AvgIpc) is 2.58. The summed E-state index contributed by atoms with van der Waals surface area (Å²) in [5.41, 5.74) is 2.64. The molecule has 27 heavy (non-hydrogen) atoms. The molecule has 2 aromatic rings. The molecule has 0 bridgehead atoms. The Bertz CT molecular complexity index is 892. The van der Waals surface area contributed by atoms with Crippen molar-refractivity contribution in [2.45, 2.75) is 6.18 Å². The number of rotatable bonds is 4. The van der Waals surface area contributed by atoms with Gasteiger partial charge in [-0.3, -0.25) is 9.79 Å². The number of phosphoric acid groups is 1. The fourth-order valence-corrected chi connectivity index (χ4v) is 4.32. The Labute approximate surface area is 157 Å². The van der Waals surface area contributed by atoms with Crippen molar-refractivity contribution in [2.75, 3.05) is 17.7 Å². The largest absolute Gasteiger partial charge is 0.525 e. The highest BCUT2D eigenvalue weighted by Gasteiger charge is 2.34. The van der Waals surface area contributed by atoms with E-state index in [1.165, 1.54) is 0 Å². The van der Waals surface area contributed by atoms with Gasteiger partial charge < -0.3 is 9.42 Å². The molecule has 1 aliphatic heterocycles. The number of halogens is 3. The minimum Gasteiger partial charge on any atom is -0.397 e. The number of phosphoric ester groups is 1. The maximum atomic E-state index is 12.8. The summed E-state index contributed by atoms with van der Waals surface area (Å²) in [6.07, 6.45) is -4.53. The van der Waals surface area contributed by atoms with E-state index in [0.717, 1.165) is 0 Å². The molecular weight excluding hydrogens is 402 g/mol. The van der Waals surface area contributed by atoms with Crippen molar-refractivity contribution in [3.05, 3.63) is 64.7 Å². The fraction of sp³-hybridized carbons (Fsp3) is 0.176. The topological polar surface area (TPSA) is 70.0 Å². The van der Waals surface area contributed by atoms with Gasteiger partial charge in [-0.05, 0) is 12.1 Å². The number of benzene rings is 2. The van der Waals surface area contributed by atoms with Crippen LogP contribution in [0.1, 0.15) is 11.1 Å². The van der Waals surface area contributed by atoms with Crippen LogP contribution in [0.25, 0.3) is 5.57 Å². The van der Waals surface area contributed by atoms with Crippen LogP contribution in [0.15, 0.2) is 53.6 Å². The van der Waals surface area contributed by atoms with Gasteiger partial charge in [0.2, 0.25) is 0 Å². The Morgan fingerprint density at radius 1 is 1.07 bits per heavy atom. The van der Waals surface area contributed by atoms with E-state index in [-0.39, 0.29) is 17.3 Å². The maximum Gasteiger partial charge on any atom is 0.525 e. The molecule has 1 aliphatic rings. The Balaban J connectivity index is 2.25. The number of alkyl halides is 3. The van der Waals surface area contributed by atoms with Crippen molar-refractivity contribution in [3.8, 4) is 0 Å². The fourth-order valence-electron chi connectivity index (χ4n) is 2.85. The van der Waals surface area contributed by atoms with Gasteiger partial charge in [0.05, 0.1) is 5.75 Å². The van der Waals surface area contributed by atoms with E-state index in [2.05, 4.69) is 0 Å². The number of para-hydroxylation sites is 2. The third-order valence-electron chi connectivity index (χ3n) is 3.84. The Morgan fingerprint density at radius 3 is 2.00 bits per heavy atom. The number of fused-ring (bicyclic) bond motifs is 2. The molecule has 0 radical (unpaired) electrons.